The van der Waals surface area contributed by atoms with Gasteiger partial charge in [-0.3, -0.25) is 4.98 Å². The second kappa shape index (κ2) is 5.49. The molecule has 1 aromatic rings. The fraction of sp³-hybridized carbons (Fsp3) is 0.500. The normalized spacial score (nSPS) is 10.5. The molecule has 0 atom stereocenters. The van der Waals surface area contributed by atoms with Gasteiger partial charge < -0.3 is 10.0 Å². The summed E-state index contributed by atoms with van der Waals surface area (Å²) in [7, 11) is 1.93. The van der Waals surface area contributed by atoms with Crippen LogP contribution in [0.4, 0.5) is 5.69 Å². The van der Waals surface area contributed by atoms with E-state index in [9.17, 15) is 4.79 Å². The largest absolute Gasteiger partial charge is 0.478 e. The Morgan fingerprint density at radius 1 is 1.50 bits per heavy atom. The maximum atomic E-state index is 11.1. The lowest BCUT2D eigenvalue weighted by Gasteiger charge is -2.29. The van der Waals surface area contributed by atoms with E-state index in [0.29, 0.717) is 6.04 Å². The lowest BCUT2D eigenvalue weighted by molar-refractivity contribution is 0.0697. The average Bonchev–Trinajstić information content (AvgIpc) is 2.30. The first-order valence-electron chi connectivity index (χ1n) is 5.51. The first kappa shape index (κ1) is 12.5. The Kier molecular flexibility index (Phi) is 4.28. The van der Waals surface area contributed by atoms with Crippen LogP contribution in [0.3, 0.4) is 0 Å². The second-order valence-electron chi connectivity index (χ2n) is 3.78. The van der Waals surface area contributed by atoms with Gasteiger partial charge in [-0.15, -0.1) is 0 Å². The third-order valence-electron chi connectivity index (χ3n) is 2.90. The van der Waals surface area contributed by atoms with E-state index in [1.54, 1.807) is 12.3 Å². The molecule has 0 unspecified atom stereocenters. The van der Waals surface area contributed by atoms with Gasteiger partial charge in [-0.25, -0.2) is 4.79 Å². The number of anilines is 1. The van der Waals surface area contributed by atoms with Crippen LogP contribution < -0.4 is 4.90 Å². The number of carboxylic acid groups (broad SMARTS) is 1. The highest BCUT2D eigenvalue weighted by Crippen LogP contribution is 2.22. The number of pyridine rings is 1. The molecule has 0 saturated carbocycles. The Labute approximate surface area is 95.9 Å². The average molecular weight is 222 g/mol. The van der Waals surface area contributed by atoms with Gasteiger partial charge in [-0.05, 0) is 18.9 Å². The molecule has 88 valence electrons. The van der Waals surface area contributed by atoms with Gasteiger partial charge in [0, 0.05) is 25.5 Å². The van der Waals surface area contributed by atoms with Crippen molar-refractivity contribution in [3.63, 3.8) is 0 Å². The van der Waals surface area contributed by atoms with Gasteiger partial charge >= 0.3 is 5.97 Å². The molecule has 1 aromatic heterocycles. The Hall–Kier alpha value is -1.58. The first-order chi connectivity index (χ1) is 7.61. The van der Waals surface area contributed by atoms with Crippen LogP contribution in [0.25, 0.3) is 0 Å². The number of hydrogen-bond acceptors (Lipinski definition) is 3. The predicted molar refractivity (Wildman–Crippen MR) is 64.0 cm³/mol. The summed E-state index contributed by atoms with van der Waals surface area (Å²) < 4.78 is 0. The number of aromatic carboxylic acids is 1. The zero-order chi connectivity index (χ0) is 12.1. The number of rotatable bonds is 5. The van der Waals surface area contributed by atoms with E-state index in [-0.39, 0.29) is 5.56 Å². The van der Waals surface area contributed by atoms with Crippen LogP contribution in [0.1, 0.15) is 37.0 Å². The van der Waals surface area contributed by atoms with Gasteiger partial charge in [0.1, 0.15) is 5.56 Å². The monoisotopic (exact) mass is 222 g/mol. The van der Waals surface area contributed by atoms with Crippen LogP contribution in [0.15, 0.2) is 18.5 Å². The van der Waals surface area contributed by atoms with Gasteiger partial charge in [0.05, 0.1) is 5.69 Å². The van der Waals surface area contributed by atoms with E-state index in [1.165, 1.54) is 6.20 Å². The van der Waals surface area contributed by atoms with Crippen molar-refractivity contribution in [2.45, 2.75) is 32.7 Å². The van der Waals surface area contributed by atoms with Crippen LogP contribution in [-0.2, 0) is 0 Å². The third-order valence-corrected chi connectivity index (χ3v) is 2.90. The Morgan fingerprint density at radius 3 is 2.62 bits per heavy atom. The molecule has 4 heteroatoms. The molecule has 0 fully saturated rings. The summed E-state index contributed by atoms with van der Waals surface area (Å²) in [5.74, 6) is -0.930. The lowest BCUT2D eigenvalue weighted by Crippen LogP contribution is -2.31. The maximum Gasteiger partial charge on any atom is 0.339 e. The molecule has 1 heterocycles. The number of carboxylic acids is 1. The van der Waals surface area contributed by atoms with Crippen molar-refractivity contribution in [2.75, 3.05) is 11.9 Å². The molecule has 0 aliphatic carbocycles. The molecule has 1 rings (SSSR count). The van der Waals surface area contributed by atoms with Crippen molar-refractivity contribution in [1.29, 1.82) is 0 Å². The smallest absolute Gasteiger partial charge is 0.339 e. The van der Waals surface area contributed by atoms with Crippen LogP contribution in [0.2, 0.25) is 0 Å². The first-order valence-corrected chi connectivity index (χ1v) is 5.51. The van der Waals surface area contributed by atoms with Gasteiger partial charge in [0.15, 0.2) is 0 Å². The van der Waals surface area contributed by atoms with Crippen molar-refractivity contribution in [2.24, 2.45) is 0 Å². The molecule has 0 amide bonds. The second-order valence-corrected chi connectivity index (χ2v) is 3.78. The van der Waals surface area contributed by atoms with Crippen molar-refractivity contribution in [3.05, 3.63) is 24.0 Å². The molecule has 0 aliphatic rings. The maximum absolute atomic E-state index is 11.1. The van der Waals surface area contributed by atoms with E-state index in [0.717, 1.165) is 18.5 Å². The molecule has 16 heavy (non-hydrogen) atoms. The predicted octanol–water partition coefficient (Wildman–Crippen LogP) is 2.40. The van der Waals surface area contributed by atoms with Crippen molar-refractivity contribution >= 4 is 11.7 Å². The number of hydrogen-bond donors (Lipinski definition) is 1. The number of carbonyl (C=O) groups is 1. The van der Waals surface area contributed by atoms with E-state index in [1.807, 2.05) is 11.9 Å². The zero-order valence-corrected chi connectivity index (χ0v) is 9.97. The minimum atomic E-state index is -0.930. The Morgan fingerprint density at radius 2 is 2.12 bits per heavy atom. The third kappa shape index (κ3) is 2.51. The van der Waals surface area contributed by atoms with Crippen LogP contribution in [0.5, 0.6) is 0 Å². The van der Waals surface area contributed by atoms with Crippen molar-refractivity contribution in [1.82, 2.24) is 4.98 Å². The number of aromatic nitrogens is 1. The van der Waals surface area contributed by atoms with E-state index >= 15 is 0 Å². The summed E-state index contributed by atoms with van der Waals surface area (Å²) >= 11 is 0. The van der Waals surface area contributed by atoms with Gasteiger partial charge in [-0.2, -0.15) is 0 Å². The van der Waals surface area contributed by atoms with Gasteiger partial charge in [-0.1, -0.05) is 13.8 Å². The van der Waals surface area contributed by atoms with Gasteiger partial charge in [0.25, 0.3) is 0 Å². The summed E-state index contributed by atoms with van der Waals surface area (Å²) in [6.07, 6.45) is 5.01. The molecule has 0 bridgehead atoms. The molecule has 0 saturated heterocycles. The molecular weight excluding hydrogens is 204 g/mol. The Bertz CT molecular complexity index is 362. The van der Waals surface area contributed by atoms with Crippen molar-refractivity contribution < 1.29 is 9.90 Å². The quantitative estimate of drug-likeness (QED) is 0.831. The van der Waals surface area contributed by atoms with E-state index in [2.05, 4.69) is 18.8 Å². The minimum absolute atomic E-state index is 0.261. The highest BCUT2D eigenvalue weighted by atomic mass is 16.4. The van der Waals surface area contributed by atoms with E-state index < -0.39 is 5.97 Å². The summed E-state index contributed by atoms with van der Waals surface area (Å²) in [6, 6.07) is 2.11. The zero-order valence-electron chi connectivity index (χ0n) is 9.97. The molecule has 0 aromatic carbocycles. The molecule has 0 spiro atoms. The number of nitrogens with zero attached hydrogens (tertiary/aromatic N) is 2. The molecule has 1 N–H and O–H groups in total. The molecule has 0 aliphatic heterocycles. The lowest BCUT2D eigenvalue weighted by atomic mass is 10.1. The minimum Gasteiger partial charge on any atom is -0.478 e. The van der Waals surface area contributed by atoms with Crippen LogP contribution >= 0.6 is 0 Å². The van der Waals surface area contributed by atoms with Crippen LogP contribution in [-0.4, -0.2) is 29.1 Å². The molecular formula is C12H18N2O2. The molecule has 4 nitrogen and oxygen atoms in total. The summed E-state index contributed by atoms with van der Waals surface area (Å²) in [5.41, 5.74) is 0.994. The van der Waals surface area contributed by atoms with E-state index in [4.69, 9.17) is 5.11 Å². The van der Waals surface area contributed by atoms with Crippen molar-refractivity contribution in [3.8, 4) is 0 Å². The Balaban J connectivity index is 3.07. The van der Waals surface area contributed by atoms with Gasteiger partial charge in [0.2, 0.25) is 0 Å². The van der Waals surface area contributed by atoms with Crippen LogP contribution in [0, 0.1) is 0 Å². The standard InChI is InChI=1S/C12H18N2O2/c1-4-9(5-2)14(3)11-6-7-13-8-10(11)12(15)16/h6-9H,4-5H2,1-3H3,(H,15,16). The fourth-order valence-electron chi connectivity index (χ4n) is 1.89. The summed E-state index contributed by atoms with van der Waals surface area (Å²) in [4.78, 5) is 16.9. The highest BCUT2D eigenvalue weighted by Gasteiger charge is 2.17. The highest BCUT2D eigenvalue weighted by molar-refractivity contribution is 5.94. The summed E-state index contributed by atoms with van der Waals surface area (Å²) in [6.45, 7) is 4.21. The SMILES string of the molecule is CCC(CC)N(C)c1ccncc1C(=O)O. The topological polar surface area (TPSA) is 53.4 Å². The fourth-order valence-corrected chi connectivity index (χ4v) is 1.89. The molecule has 0 radical (unpaired) electrons. The summed E-state index contributed by atoms with van der Waals surface area (Å²) in [5, 5.41) is 9.08.